The number of hydrogen-bond donors (Lipinski definition) is 2. The minimum absolute atomic E-state index is 0.0131. The Balaban J connectivity index is 2.43. The molecule has 0 aromatic heterocycles. The summed E-state index contributed by atoms with van der Waals surface area (Å²) in [6.07, 6.45) is 0.217. The van der Waals surface area contributed by atoms with E-state index in [4.69, 9.17) is 10.5 Å². The SMILES string of the molecule is COCC(C)(NC(=O)CCSc1ccc(F)cc1)C(N)=O. The number of carbonyl (C=O) groups excluding carboxylic acids is 2. The molecule has 1 aromatic carbocycles. The number of carbonyl (C=O) groups is 2. The van der Waals surface area contributed by atoms with Crippen LogP contribution in [-0.2, 0) is 14.3 Å². The highest BCUT2D eigenvalue weighted by molar-refractivity contribution is 7.99. The average Bonchev–Trinajstić information content (AvgIpc) is 2.41. The molecular weight excluding hydrogens is 295 g/mol. The molecule has 0 saturated heterocycles. The van der Waals surface area contributed by atoms with E-state index in [-0.39, 0.29) is 24.8 Å². The van der Waals surface area contributed by atoms with E-state index in [1.54, 1.807) is 12.1 Å². The van der Waals surface area contributed by atoms with Crippen molar-refractivity contribution in [2.75, 3.05) is 19.5 Å². The third kappa shape index (κ3) is 5.73. The van der Waals surface area contributed by atoms with Crippen LogP contribution in [0.25, 0.3) is 0 Å². The zero-order valence-corrected chi connectivity index (χ0v) is 12.8. The molecule has 21 heavy (non-hydrogen) atoms. The maximum absolute atomic E-state index is 12.7. The first-order valence-electron chi connectivity index (χ1n) is 6.35. The maximum atomic E-state index is 12.7. The van der Waals surface area contributed by atoms with Crippen molar-refractivity contribution in [1.82, 2.24) is 5.32 Å². The number of nitrogens with one attached hydrogen (secondary N) is 1. The standard InChI is InChI=1S/C14H19FN2O3S/c1-14(9-20-2,13(16)19)17-12(18)7-8-21-11-5-3-10(15)4-6-11/h3-6H,7-9H2,1-2H3,(H2,16,19)(H,17,18). The quantitative estimate of drug-likeness (QED) is 0.709. The van der Waals surface area contributed by atoms with E-state index in [1.165, 1.54) is 37.9 Å². The van der Waals surface area contributed by atoms with Gasteiger partial charge in [-0.25, -0.2) is 4.39 Å². The number of thioether (sulfide) groups is 1. The fraction of sp³-hybridized carbons (Fsp3) is 0.429. The highest BCUT2D eigenvalue weighted by atomic mass is 32.2. The second-order valence-corrected chi connectivity index (χ2v) is 5.90. The molecule has 2 amide bonds. The predicted octanol–water partition coefficient (Wildman–Crippen LogP) is 1.31. The van der Waals surface area contributed by atoms with Crippen LogP contribution in [0.1, 0.15) is 13.3 Å². The van der Waals surface area contributed by atoms with Gasteiger partial charge in [0.1, 0.15) is 11.4 Å². The first-order chi connectivity index (χ1) is 9.87. The summed E-state index contributed by atoms with van der Waals surface area (Å²) in [6.45, 7) is 1.53. The Labute approximate surface area is 127 Å². The summed E-state index contributed by atoms with van der Waals surface area (Å²) in [4.78, 5) is 24.1. The van der Waals surface area contributed by atoms with Crippen molar-refractivity contribution >= 4 is 23.6 Å². The zero-order valence-electron chi connectivity index (χ0n) is 12.0. The second-order valence-electron chi connectivity index (χ2n) is 4.73. The molecule has 116 valence electrons. The number of hydrogen-bond acceptors (Lipinski definition) is 4. The van der Waals surface area contributed by atoms with Crippen LogP contribution in [0.4, 0.5) is 4.39 Å². The number of nitrogens with two attached hydrogens (primary N) is 1. The molecule has 0 heterocycles. The zero-order chi connectivity index (χ0) is 15.9. The van der Waals surface area contributed by atoms with Crippen molar-refractivity contribution in [1.29, 1.82) is 0 Å². The lowest BCUT2D eigenvalue weighted by molar-refractivity contribution is -0.132. The molecule has 7 heteroatoms. The number of amides is 2. The Morgan fingerprint density at radius 2 is 2.00 bits per heavy atom. The van der Waals surface area contributed by atoms with Crippen LogP contribution < -0.4 is 11.1 Å². The summed E-state index contributed by atoms with van der Waals surface area (Å²) in [5.74, 6) is -0.722. The first kappa shape index (κ1) is 17.5. The molecular formula is C14H19FN2O3S. The smallest absolute Gasteiger partial charge is 0.245 e. The van der Waals surface area contributed by atoms with E-state index < -0.39 is 11.4 Å². The van der Waals surface area contributed by atoms with E-state index in [2.05, 4.69) is 5.32 Å². The van der Waals surface area contributed by atoms with Gasteiger partial charge in [-0.3, -0.25) is 9.59 Å². The Morgan fingerprint density at radius 1 is 1.38 bits per heavy atom. The van der Waals surface area contributed by atoms with Gasteiger partial charge in [-0.15, -0.1) is 11.8 Å². The summed E-state index contributed by atoms with van der Waals surface area (Å²) >= 11 is 1.43. The van der Waals surface area contributed by atoms with Crippen molar-refractivity contribution in [3.05, 3.63) is 30.1 Å². The minimum atomic E-state index is -1.22. The molecule has 3 N–H and O–H groups in total. The Kier molecular flexibility index (Phi) is 6.64. The van der Waals surface area contributed by atoms with E-state index in [0.29, 0.717) is 5.75 Å². The van der Waals surface area contributed by atoms with Crippen LogP contribution in [0, 0.1) is 5.82 Å². The summed E-state index contributed by atoms with van der Waals surface area (Å²) in [7, 11) is 1.43. The number of ether oxygens (including phenoxy) is 1. The molecule has 0 fully saturated rings. The first-order valence-corrected chi connectivity index (χ1v) is 7.34. The van der Waals surface area contributed by atoms with Crippen LogP contribution in [0.5, 0.6) is 0 Å². The summed E-state index contributed by atoms with van der Waals surface area (Å²) in [5.41, 5.74) is 4.05. The molecule has 0 bridgehead atoms. The van der Waals surface area contributed by atoms with Gasteiger partial charge in [0, 0.05) is 24.2 Å². The molecule has 5 nitrogen and oxygen atoms in total. The highest BCUT2D eigenvalue weighted by Crippen LogP contribution is 2.19. The fourth-order valence-electron chi connectivity index (χ4n) is 1.62. The lowest BCUT2D eigenvalue weighted by Crippen LogP contribution is -2.58. The van der Waals surface area contributed by atoms with Crippen LogP contribution >= 0.6 is 11.8 Å². The summed E-state index contributed by atoms with van der Waals surface area (Å²) < 4.78 is 17.6. The molecule has 0 aliphatic carbocycles. The van der Waals surface area contributed by atoms with Gasteiger partial charge < -0.3 is 15.8 Å². The largest absolute Gasteiger partial charge is 0.382 e. The molecule has 0 spiro atoms. The van der Waals surface area contributed by atoms with Gasteiger partial charge in [-0.2, -0.15) is 0 Å². The maximum Gasteiger partial charge on any atom is 0.245 e. The normalized spacial score (nSPS) is 13.5. The average molecular weight is 314 g/mol. The van der Waals surface area contributed by atoms with E-state index >= 15 is 0 Å². The summed E-state index contributed by atoms with van der Waals surface area (Å²) in [5, 5.41) is 2.58. The Morgan fingerprint density at radius 3 is 2.52 bits per heavy atom. The monoisotopic (exact) mass is 314 g/mol. The lowest BCUT2D eigenvalue weighted by Gasteiger charge is -2.26. The third-order valence-electron chi connectivity index (χ3n) is 2.80. The van der Waals surface area contributed by atoms with Gasteiger partial charge in [0.25, 0.3) is 0 Å². The van der Waals surface area contributed by atoms with Crippen LogP contribution in [0.15, 0.2) is 29.2 Å². The molecule has 0 radical (unpaired) electrons. The Hall–Kier alpha value is -1.60. The van der Waals surface area contributed by atoms with E-state index in [9.17, 15) is 14.0 Å². The third-order valence-corrected chi connectivity index (χ3v) is 3.82. The van der Waals surface area contributed by atoms with Gasteiger partial charge >= 0.3 is 0 Å². The molecule has 1 aromatic rings. The topological polar surface area (TPSA) is 81.4 Å². The van der Waals surface area contributed by atoms with E-state index in [0.717, 1.165) is 4.90 Å². The highest BCUT2D eigenvalue weighted by Gasteiger charge is 2.32. The second kappa shape index (κ2) is 7.99. The number of benzene rings is 1. The lowest BCUT2D eigenvalue weighted by atomic mass is 10.0. The van der Waals surface area contributed by atoms with Crippen molar-refractivity contribution in [2.24, 2.45) is 5.73 Å². The number of rotatable bonds is 8. The number of primary amides is 1. The predicted molar refractivity (Wildman–Crippen MR) is 79.4 cm³/mol. The molecule has 1 rings (SSSR count). The van der Waals surface area contributed by atoms with E-state index in [1.807, 2.05) is 0 Å². The summed E-state index contributed by atoms with van der Waals surface area (Å²) in [6, 6.07) is 6.03. The molecule has 0 aliphatic heterocycles. The molecule has 0 saturated carbocycles. The van der Waals surface area contributed by atoms with Gasteiger partial charge in [-0.1, -0.05) is 0 Å². The van der Waals surface area contributed by atoms with Crippen LogP contribution in [0.2, 0.25) is 0 Å². The van der Waals surface area contributed by atoms with Crippen molar-refractivity contribution in [3.8, 4) is 0 Å². The van der Waals surface area contributed by atoms with Crippen LogP contribution in [0.3, 0.4) is 0 Å². The van der Waals surface area contributed by atoms with Crippen molar-refractivity contribution in [3.63, 3.8) is 0 Å². The van der Waals surface area contributed by atoms with Gasteiger partial charge in [-0.05, 0) is 31.2 Å². The van der Waals surface area contributed by atoms with Crippen molar-refractivity contribution < 1.29 is 18.7 Å². The molecule has 1 atom stereocenters. The fourth-order valence-corrected chi connectivity index (χ4v) is 2.47. The van der Waals surface area contributed by atoms with Crippen LogP contribution in [-0.4, -0.2) is 36.8 Å². The minimum Gasteiger partial charge on any atom is -0.382 e. The van der Waals surface area contributed by atoms with Gasteiger partial charge in [0.15, 0.2) is 0 Å². The van der Waals surface area contributed by atoms with Crippen molar-refractivity contribution in [2.45, 2.75) is 23.8 Å². The molecule has 0 aliphatic rings. The van der Waals surface area contributed by atoms with Gasteiger partial charge in [0.2, 0.25) is 11.8 Å². The number of methoxy groups -OCH3 is 1. The Bertz CT molecular complexity index is 495. The molecule has 1 unspecified atom stereocenters. The van der Waals surface area contributed by atoms with Gasteiger partial charge in [0.05, 0.1) is 6.61 Å². The number of halogens is 1.